The Labute approximate surface area is 123 Å². The largest absolute Gasteiger partial charge is 0.384 e. The van der Waals surface area contributed by atoms with Crippen LogP contribution in [-0.4, -0.2) is 42.7 Å². The Morgan fingerprint density at radius 1 is 1.20 bits per heavy atom. The van der Waals surface area contributed by atoms with E-state index < -0.39 is 5.60 Å². The summed E-state index contributed by atoms with van der Waals surface area (Å²) in [6.07, 6.45) is 4.90. The van der Waals surface area contributed by atoms with Crippen molar-refractivity contribution in [2.75, 3.05) is 20.6 Å². The maximum absolute atomic E-state index is 10.7. The quantitative estimate of drug-likeness (QED) is 0.866. The second kappa shape index (κ2) is 6.70. The molecule has 2 rings (SSSR count). The van der Waals surface area contributed by atoms with Crippen molar-refractivity contribution in [3.8, 4) is 0 Å². The Bertz CT molecular complexity index is 397. The molecule has 0 aromatic heterocycles. The van der Waals surface area contributed by atoms with E-state index in [1.165, 1.54) is 25.7 Å². The molecule has 1 fully saturated rings. The number of nitrogens with zero attached hydrogens (tertiary/aromatic N) is 1. The summed E-state index contributed by atoms with van der Waals surface area (Å²) >= 11 is 0. The van der Waals surface area contributed by atoms with Crippen molar-refractivity contribution < 1.29 is 5.11 Å². The fourth-order valence-corrected chi connectivity index (χ4v) is 3.31. The molecule has 20 heavy (non-hydrogen) atoms. The first-order chi connectivity index (χ1) is 9.53. The standard InChI is InChI=1S/C17H28N2O/c1-17(20,14-7-5-4-6-8-14)13-19(3)16-11-9-15(18-2)10-12-16/h4-8,15-16,18,20H,9-13H2,1-3H3. The van der Waals surface area contributed by atoms with Crippen LogP contribution >= 0.6 is 0 Å². The predicted octanol–water partition coefficient (Wildman–Crippen LogP) is 2.36. The second-order valence-corrected chi connectivity index (χ2v) is 6.35. The average molecular weight is 276 g/mol. The van der Waals surface area contributed by atoms with Gasteiger partial charge < -0.3 is 15.3 Å². The first kappa shape index (κ1) is 15.5. The van der Waals surface area contributed by atoms with E-state index in [4.69, 9.17) is 0 Å². The fourth-order valence-electron chi connectivity index (χ4n) is 3.31. The summed E-state index contributed by atoms with van der Waals surface area (Å²) < 4.78 is 0. The van der Waals surface area contributed by atoms with E-state index in [9.17, 15) is 5.11 Å². The molecule has 1 aromatic rings. The van der Waals surface area contributed by atoms with E-state index in [2.05, 4.69) is 24.3 Å². The Morgan fingerprint density at radius 3 is 2.35 bits per heavy atom. The highest BCUT2D eigenvalue weighted by Crippen LogP contribution is 2.26. The van der Waals surface area contributed by atoms with E-state index >= 15 is 0 Å². The van der Waals surface area contributed by atoms with Crippen molar-refractivity contribution in [3.05, 3.63) is 35.9 Å². The highest BCUT2D eigenvalue weighted by molar-refractivity contribution is 5.21. The van der Waals surface area contributed by atoms with Gasteiger partial charge in [0.2, 0.25) is 0 Å². The molecule has 0 bridgehead atoms. The molecule has 1 aliphatic rings. The molecule has 0 aliphatic heterocycles. The SMILES string of the molecule is CNC1CCC(N(C)CC(C)(O)c2ccccc2)CC1. The molecule has 1 unspecified atom stereocenters. The third-order valence-corrected chi connectivity index (χ3v) is 4.68. The van der Waals surface area contributed by atoms with Crippen LogP contribution in [-0.2, 0) is 5.60 Å². The van der Waals surface area contributed by atoms with Crippen LogP contribution < -0.4 is 5.32 Å². The van der Waals surface area contributed by atoms with Crippen molar-refractivity contribution >= 4 is 0 Å². The third kappa shape index (κ3) is 3.81. The summed E-state index contributed by atoms with van der Waals surface area (Å²) in [6.45, 7) is 2.60. The molecular formula is C17H28N2O. The van der Waals surface area contributed by atoms with Gasteiger partial charge in [-0.25, -0.2) is 0 Å². The second-order valence-electron chi connectivity index (χ2n) is 6.35. The van der Waals surface area contributed by atoms with Crippen LogP contribution in [0.5, 0.6) is 0 Å². The van der Waals surface area contributed by atoms with Crippen LogP contribution in [0.15, 0.2) is 30.3 Å². The van der Waals surface area contributed by atoms with Gasteiger partial charge in [0, 0.05) is 18.6 Å². The fraction of sp³-hybridized carbons (Fsp3) is 0.647. The maximum atomic E-state index is 10.7. The normalized spacial score (nSPS) is 26.4. The lowest BCUT2D eigenvalue weighted by Crippen LogP contribution is -2.45. The number of hydrogen-bond acceptors (Lipinski definition) is 3. The molecule has 2 N–H and O–H groups in total. The lowest BCUT2D eigenvalue weighted by Gasteiger charge is -2.38. The van der Waals surface area contributed by atoms with Gasteiger partial charge in [-0.3, -0.25) is 0 Å². The zero-order chi connectivity index (χ0) is 14.6. The summed E-state index contributed by atoms with van der Waals surface area (Å²) in [6, 6.07) is 11.2. The molecule has 0 spiro atoms. The average Bonchev–Trinajstić information content (AvgIpc) is 2.48. The number of likely N-dealkylation sites (N-methyl/N-ethyl adjacent to an activating group) is 1. The highest BCUT2D eigenvalue weighted by Gasteiger charge is 2.29. The summed E-state index contributed by atoms with van der Waals surface area (Å²) in [5.41, 5.74) is 0.214. The predicted molar refractivity (Wildman–Crippen MR) is 83.7 cm³/mol. The van der Waals surface area contributed by atoms with E-state index in [1.807, 2.05) is 37.3 Å². The summed E-state index contributed by atoms with van der Waals surface area (Å²) in [4.78, 5) is 2.33. The summed E-state index contributed by atoms with van der Waals surface area (Å²) in [5, 5.41) is 14.1. The molecule has 3 heteroatoms. The third-order valence-electron chi connectivity index (χ3n) is 4.68. The lowest BCUT2D eigenvalue weighted by molar-refractivity contribution is 0.00531. The number of rotatable bonds is 5. The molecule has 1 aliphatic carbocycles. The van der Waals surface area contributed by atoms with Gasteiger partial charge in [-0.05, 0) is 52.3 Å². The number of hydrogen-bond donors (Lipinski definition) is 2. The monoisotopic (exact) mass is 276 g/mol. The van der Waals surface area contributed by atoms with Gasteiger partial charge in [0.05, 0.1) is 5.60 Å². The van der Waals surface area contributed by atoms with E-state index in [0.717, 1.165) is 5.56 Å². The van der Waals surface area contributed by atoms with Gasteiger partial charge in [0.15, 0.2) is 0 Å². The number of nitrogens with one attached hydrogen (secondary N) is 1. The topological polar surface area (TPSA) is 35.5 Å². The molecule has 112 valence electrons. The Balaban J connectivity index is 1.92. The minimum Gasteiger partial charge on any atom is -0.384 e. The Hall–Kier alpha value is -0.900. The molecule has 3 nitrogen and oxygen atoms in total. The molecule has 0 saturated heterocycles. The van der Waals surface area contributed by atoms with Gasteiger partial charge in [-0.1, -0.05) is 30.3 Å². The number of benzene rings is 1. The van der Waals surface area contributed by atoms with Crippen LogP contribution in [0.3, 0.4) is 0 Å². The molecule has 1 aromatic carbocycles. The first-order valence-corrected chi connectivity index (χ1v) is 7.68. The number of aliphatic hydroxyl groups is 1. The minimum atomic E-state index is -0.782. The molecule has 0 heterocycles. The zero-order valence-corrected chi connectivity index (χ0v) is 13.0. The Kier molecular flexibility index (Phi) is 5.19. The zero-order valence-electron chi connectivity index (χ0n) is 13.0. The molecular weight excluding hydrogens is 248 g/mol. The van der Waals surface area contributed by atoms with Crippen LogP contribution in [0.1, 0.15) is 38.2 Å². The smallest absolute Gasteiger partial charge is 0.0994 e. The van der Waals surface area contributed by atoms with E-state index in [-0.39, 0.29) is 0 Å². The maximum Gasteiger partial charge on any atom is 0.0994 e. The molecule has 0 radical (unpaired) electrons. The van der Waals surface area contributed by atoms with Crippen molar-refractivity contribution in [2.45, 2.75) is 50.3 Å². The van der Waals surface area contributed by atoms with Crippen molar-refractivity contribution in [2.24, 2.45) is 0 Å². The minimum absolute atomic E-state index is 0.592. The van der Waals surface area contributed by atoms with Gasteiger partial charge in [-0.15, -0.1) is 0 Å². The van der Waals surface area contributed by atoms with Crippen LogP contribution in [0.4, 0.5) is 0 Å². The van der Waals surface area contributed by atoms with Crippen molar-refractivity contribution in [1.82, 2.24) is 10.2 Å². The Morgan fingerprint density at radius 2 is 1.80 bits per heavy atom. The van der Waals surface area contributed by atoms with E-state index in [0.29, 0.717) is 18.6 Å². The first-order valence-electron chi connectivity index (χ1n) is 7.68. The lowest BCUT2D eigenvalue weighted by atomic mass is 9.89. The van der Waals surface area contributed by atoms with Gasteiger partial charge in [-0.2, -0.15) is 0 Å². The van der Waals surface area contributed by atoms with Crippen LogP contribution in [0, 0.1) is 0 Å². The summed E-state index contributed by atoms with van der Waals surface area (Å²) in [5.74, 6) is 0. The van der Waals surface area contributed by atoms with Crippen LogP contribution in [0.2, 0.25) is 0 Å². The van der Waals surface area contributed by atoms with Gasteiger partial charge >= 0.3 is 0 Å². The van der Waals surface area contributed by atoms with E-state index in [1.54, 1.807) is 0 Å². The van der Waals surface area contributed by atoms with Gasteiger partial charge in [0.25, 0.3) is 0 Å². The highest BCUT2D eigenvalue weighted by atomic mass is 16.3. The molecule has 0 amide bonds. The molecule has 1 saturated carbocycles. The van der Waals surface area contributed by atoms with Crippen LogP contribution in [0.25, 0.3) is 0 Å². The van der Waals surface area contributed by atoms with Gasteiger partial charge in [0.1, 0.15) is 0 Å². The summed E-state index contributed by atoms with van der Waals surface area (Å²) in [7, 11) is 4.19. The van der Waals surface area contributed by atoms with Crippen molar-refractivity contribution in [3.63, 3.8) is 0 Å². The van der Waals surface area contributed by atoms with Crippen molar-refractivity contribution in [1.29, 1.82) is 0 Å². The molecule has 1 atom stereocenters.